The fraction of sp³-hybridized carbons (Fsp3) is 0.333. The fourth-order valence-corrected chi connectivity index (χ4v) is 3.33. The Balaban J connectivity index is 1.64. The lowest BCUT2D eigenvalue weighted by atomic mass is 9.97. The zero-order chi connectivity index (χ0) is 19.2. The van der Waals surface area contributed by atoms with Gasteiger partial charge in [0.15, 0.2) is 0 Å². The van der Waals surface area contributed by atoms with Gasteiger partial charge in [0.2, 0.25) is 11.8 Å². The zero-order valence-corrected chi connectivity index (χ0v) is 15.5. The number of furan rings is 1. The predicted octanol–water partition coefficient (Wildman–Crippen LogP) is 2.94. The third kappa shape index (κ3) is 5.31. The topological polar surface area (TPSA) is 88.6 Å². The molecule has 0 unspecified atom stereocenters. The highest BCUT2D eigenvalue weighted by molar-refractivity contribution is 6.02. The molecule has 2 aromatic rings. The number of aryl methyl sites for hydroxylation is 1. The van der Waals surface area contributed by atoms with Gasteiger partial charge in [-0.25, -0.2) is 0 Å². The van der Waals surface area contributed by atoms with Crippen LogP contribution in [0.25, 0.3) is 6.08 Å². The highest BCUT2D eigenvalue weighted by Gasteiger charge is 2.24. The van der Waals surface area contributed by atoms with Gasteiger partial charge in [-0.2, -0.15) is 0 Å². The van der Waals surface area contributed by atoms with Crippen LogP contribution in [0, 0.1) is 12.8 Å². The number of para-hydroxylation sites is 1. The van der Waals surface area contributed by atoms with Crippen LogP contribution in [0.3, 0.4) is 0 Å². The summed E-state index contributed by atoms with van der Waals surface area (Å²) >= 11 is 0. The van der Waals surface area contributed by atoms with E-state index in [-0.39, 0.29) is 17.7 Å². The van der Waals surface area contributed by atoms with E-state index in [1.165, 1.54) is 6.08 Å². The van der Waals surface area contributed by atoms with Crippen molar-refractivity contribution in [3.63, 3.8) is 0 Å². The summed E-state index contributed by atoms with van der Waals surface area (Å²) in [6.45, 7) is 4.11. The van der Waals surface area contributed by atoms with E-state index in [2.05, 4.69) is 10.2 Å². The summed E-state index contributed by atoms with van der Waals surface area (Å²) < 4.78 is 5.43. The fourth-order valence-electron chi connectivity index (χ4n) is 3.33. The molecule has 142 valence electrons. The van der Waals surface area contributed by atoms with E-state index in [0.717, 1.165) is 36.4 Å². The molecule has 0 radical (unpaired) electrons. The van der Waals surface area contributed by atoms with Crippen LogP contribution in [-0.2, 0) is 16.1 Å². The second-order valence-corrected chi connectivity index (χ2v) is 6.90. The lowest BCUT2D eigenvalue weighted by Gasteiger charge is -2.31. The van der Waals surface area contributed by atoms with E-state index in [9.17, 15) is 9.59 Å². The molecule has 0 saturated carbocycles. The Bertz CT molecular complexity index is 841. The molecule has 1 aromatic carbocycles. The van der Waals surface area contributed by atoms with E-state index in [4.69, 9.17) is 10.2 Å². The van der Waals surface area contributed by atoms with Crippen molar-refractivity contribution < 1.29 is 14.0 Å². The van der Waals surface area contributed by atoms with Crippen LogP contribution in [0.2, 0.25) is 0 Å². The SMILES string of the molecule is Cc1ccc(/C=C\C(=O)Nc2ccccc2CN2CCC[C@H](C(N)=O)C2)o1. The standard InChI is InChI=1S/C21H25N3O3/c1-15-8-9-18(27-15)10-11-20(25)23-19-7-3-2-5-16(19)13-24-12-4-6-17(14-24)21(22)26/h2-3,5,7-11,17H,4,6,12-14H2,1H3,(H2,22,26)(H,23,25)/b11-10-/t17-/m0/s1. The normalized spacial score (nSPS) is 17.9. The average Bonchev–Trinajstić information content (AvgIpc) is 3.07. The van der Waals surface area contributed by atoms with Crippen molar-refractivity contribution in [3.05, 3.63) is 59.6 Å². The number of primary amides is 1. The van der Waals surface area contributed by atoms with Crippen LogP contribution in [0.15, 0.2) is 46.9 Å². The zero-order valence-electron chi connectivity index (χ0n) is 15.5. The van der Waals surface area contributed by atoms with Crippen molar-refractivity contribution in [1.82, 2.24) is 4.90 Å². The molecular formula is C21H25N3O3. The minimum atomic E-state index is -0.236. The maximum atomic E-state index is 12.3. The second-order valence-electron chi connectivity index (χ2n) is 6.90. The van der Waals surface area contributed by atoms with Gasteiger partial charge in [-0.3, -0.25) is 14.5 Å². The Morgan fingerprint density at radius 1 is 1.30 bits per heavy atom. The molecular weight excluding hydrogens is 342 g/mol. The number of nitrogens with one attached hydrogen (secondary N) is 1. The lowest BCUT2D eigenvalue weighted by molar-refractivity contribution is -0.123. The van der Waals surface area contributed by atoms with Crippen LogP contribution >= 0.6 is 0 Å². The highest BCUT2D eigenvalue weighted by Crippen LogP contribution is 2.22. The van der Waals surface area contributed by atoms with Gasteiger partial charge in [-0.05, 0) is 56.1 Å². The first-order chi connectivity index (χ1) is 13.0. The van der Waals surface area contributed by atoms with Crippen LogP contribution in [0.5, 0.6) is 0 Å². The summed E-state index contributed by atoms with van der Waals surface area (Å²) in [5.74, 6) is 0.892. The molecule has 2 heterocycles. The number of anilines is 1. The number of carbonyl (C=O) groups excluding carboxylic acids is 2. The Morgan fingerprint density at radius 3 is 2.85 bits per heavy atom. The van der Waals surface area contributed by atoms with Crippen LogP contribution in [-0.4, -0.2) is 29.8 Å². The molecule has 6 nitrogen and oxygen atoms in total. The predicted molar refractivity (Wildman–Crippen MR) is 105 cm³/mol. The summed E-state index contributed by atoms with van der Waals surface area (Å²) in [6, 6.07) is 11.4. The number of piperidine rings is 1. The minimum absolute atomic E-state index is 0.0970. The summed E-state index contributed by atoms with van der Waals surface area (Å²) in [5.41, 5.74) is 7.24. The lowest BCUT2D eigenvalue weighted by Crippen LogP contribution is -2.40. The highest BCUT2D eigenvalue weighted by atomic mass is 16.3. The number of carbonyl (C=O) groups is 2. The number of hydrogen-bond donors (Lipinski definition) is 2. The maximum Gasteiger partial charge on any atom is 0.248 e. The molecule has 3 N–H and O–H groups in total. The van der Waals surface area contributed by atoms with Crippen molar-refractivity contribution in [2.45, 2.75) is 26.3 Å². The summed E-state index contributed by atoms with van der Waals surface area (Å²) in [5, 5.41) is 2.93. The van der Waals surface area contributed by atoms with Gasteiger partial charge < -0.3 is 15.5 Å². The van der Waals surface area contributed by atoms with Gasteiger partial charge in [0.1, 0.15) is 11.5 Å². The monoisotopic (exact) mass is 367 g/mol. The van der Waals surface area contributed by atoms with E-state index < -0.39 is 0 Å². The number of nitrogens with zero attached hydrogens (tertiary/aromatic N) is 1. The van der Waals surface area contributed by atoms with Crippen molar-refractivity contribution in [3.8, 4) is 0 Å². The molecule has 27 heavy (non-hydrogen) atoms. The number of rotatable bonds is 6. The Hall–Kier alpha value is -2.86. The van der Waals surface area contributed by atoms with Crippen LogP contribution < -0.4 is 11.1 Å². The first-order valence-corrected chi connectivity index (χ1v) is 9.16. The quantitative estimate of drug-likeness (QED) is 0.768. The van der Waals surface area contributed by atoms with Gasteiger partial charge in [0, 0.05) is 24.9 Å². The van der Waals surface area contributed by atoms with Crippen molar-refractivity contribution in [2.24, 2.45) is 11.7 Å². The number of nitrogens with two attached hydrogens (primary N) is 1. The Kier molecular flexibility index (Phi) is 6.08. The van der Waals surface area contributed by atoms with Gasteiger partial charge in [0.25, 0.3) is 0 Å². The molecule has 1 aliphatic rings. The number of hydrogen-bond acceptors (Lipinski definition) is 4. The van der Waals surface area contributed by atoms with E-state index in [0.29, 0.717) is 18.8 Å². The average molecular weight is 367 g/mol. The third-order valence-corrected chi connectivity index (χ3v) is 4.74. The maximum absolute atomic E-state index is 12.3. The van der Waals surface area contributed by atoms with Crippen LogP contribution in [0.4, 0.5) is 5.69 Å². The number of benzene rings is 1. The third-order valence-electron chi connectivity index (χ3n) is 4.74. The molecule has 1 saturated heterocycles. The second kappa shape index (κ2) is 8.68. The first kappa shape index (κ1) is 18.9. The van der Waals surface area contributed by atoms with Gasteiger partial charge in [-0.15, -0.1) is 0 Å². The molecule has 1 atom stereocenters. The number of likely N-dealkylation sites (tertiary alicyclic amines) is 1. The Labute approximate surface area is 159 Å². The van der Waals surface area contributed by atoms with Crippen molar-refractivity contribution in [2.75, 3.05) is 18.4 Å². The molecule has 0 aliphatic carbocycles. The molecule has 3 rings (SSSR count). The molecule has 0 spiro atoms. The van der Waals surface area contributed by atoms with Gasteiger partial charge in [0.05, 0.1) is 5.92 Å². The van der Waals surface area contributed by atoms with Gasteiger partial charge >= 0.3 is 0 Å². The summed E-state index contributed by atoms with van der Waals surface area (Å²) in [6.07, 6.45) is 4.90. The molecule has 2 amide bonds. The van der Waals surface area contributed by atoms with Crippen molar-refractivity contribution >= 4 is 23.6 Å². The number of amides is 2. The van der Waals surface area contributed by atoms with E-state index >= 15 is 0 Å². The van der Waals surface area contributed by atoms with E-state index in [1.807, 2.05) is 43.3 Å². The molecule has 1 fully saturated rings. The minimum Gasteiger partial charge on any atom is -0.462 e. The molecule has 1 aromatic heterocycles. The largest absolute Gasteiger partial charge is 0.462 e. The molecule has 6 heteroatoms. The summed E-state index contributed by atoms with van der Waals surface area (Å²) in [7, 11) is 0. The molecule has 0 bridgehead atoms. The Morgan fingerprint density at radius 2 is 2.11 bits per heavy atom. The van der Waals surface area contributed by atoms with Crippen LogP contribution in [0.1, 0.15) is 29.9 Å². The van der Waals surface area contributed by atoms with Gasteiger partial charge in [-0.1, -0.05) is 18.2 Å². The van der Waals surface area contributed by atoms with E-state index in [1.54, 1.807) is 6.08 Å². The summed E-state index contributed by atoms with van der Waals surface area (Å²) in [4.78, 5) is 26.0. The van der Waals surface area contributed by atoms with Crippen molar-refractivity contribution in [1.29, 1.82) is 0 Å². The first-order valence-electron chi connectivity index (χ1n) is 9.16. The smallest absolute Gasteiger partial charge is 0.248 e. The molecule has 1 aliphatic heterocycles.